The maximum Gasteiger partial charge on any atom is 0.247 e. The molecule has 338 valence electrons. The lowest BCUT2D eigenvalue weighted by Crippen LogP contribution is -2.57. The summed E-state index contributed by atoms with van der Waals surface area (Å²) in [6.07, 6.45) is 5.37. The van der Waals surface area contributed by atoms with Gasteiger partial charge in [-0.1, -0.05) is 36.4 Å². The quantitative estimate of drug-likeness (QED) is 0.0194. The largest absolute Gasteiger partial charge is 0.370 e. The zero-order valence-electron chi connectivity index (χ0n) is 34.7. The molecule has 0 radical (unpaired) electrons. The third-order valence-corrected chi connectivity index (χ3v) is 9.68. The summed E-state index contributed by atoms with van der Waals surface area (Å²) in [5.41, 5.74) is 34.0. The Bertz CT molecular complexity index is 1970. The van der Waals surface area contributed by atoms with E-state index in [2.05, 4.69) is 46.9 Å². The number of aromatic nitrogens is 2. The second-order valence-electron chi connectivity index (χ2n) is 14.5. The zero-order valence-corrected chi connectivity index (χ0v) is 34.7. The number of benzene rings is 2. The van der Waals surface area contributed by atoms with E-state index in [1.54, 1.807) is 18.2 Å². The van der Waals surface area contributed by atoms with Gasteiger partial charge in [0.25, 0.3) is 0 Å². The van der Waals surface area contributed by atoms with E-state index >= 15 is 0 Å². The maximum atomic E-state index is 14.5. The monoisotopic (exact) mass is 863 g/mol. The molecule has 0 saturated heterocycles. The molecule has 0 bridgehead atoms. The summed E-state index contributed by atoms with van der Waals surface area (Å²) in [4.78, 5) is 104. The van der Waals surface area contributed by atoms with Gasteiger partial charge in [0.2, 0.25) is 41.4 Å². The lowest BCUT2D eigenvalue weighted by atomic mass is 9.99. The van der Waals surface area contributed by atoms with E-state index in [0.717, 1.165) is 10.8 Å². The Hall–Kier alpha value is -6.65. The number of amides is 7. The van der Waals surface area contributed by atoms with Crippen molar-refractivity contribution in [1.29, 1.82) is 0 Å². The molecule has 1 unspecified atom stereocenters. The Morgan fingerprint density at radius 1 is 0.645 bits per heavy atom. The predicted molar refractivity (Wildman–Crippen MR) is 232 cm³/mol. The van der Waals surface area contributed by atoms with Crippen LogP contribution in [-0.2, 0) is 40.0 Å². The summed E-state index contributed by atoms with van der Waals surface area (Å²) in [6.45, 7) is 0.00959. The number of carbonyl (C=O) groups is 7. The first-order valence-electron chi connectivity index (χ1n) is 20.4. The number of aromatic amines is 1. The highest BCUT2D eigenvalue weighted by molar-refractivity contribution is 5.97. The SMILES string of the molecule is NCCCC[C@H](NC(=O)[C@H](CCCCN)NC(=O)[C@@H](NC(=O)[C@H](Cc1cnc[nH]1)NC(=O)CNC(=O)CN)c1ccc2ccccc2c1)C(=O)NC(CCCN=C(N)N)C(N)=O. The Morgan fingerprint density at radius 3 is 1.82 bits per heavy atom. The highest BCUT2D eigenvalue weighted by atomic mass is 16.2. The number of hydrogen-bond donors (Lipinski definition) is 13. The highest BCUT2D eigenvalue weighted by Gasteiger charge is 2.33. The number of nitrogens with one attached hydrogen (secondary N) is 7. The van der Waals surface area contributed by atoms with Gasteiger partial charge in [-0.25, -0.2) is 4.98 Å². The Labute approximate surface area is 359 Å². The van der Waals surface area contributed by atoms with Crippen molar-refractivity contribution in [3.63, 3.8) is 0 Å². The molecule has 22 nitrogen and oxygen atoms in total. The third-order valence-electron chi connectivity index (χ3n) is 9.68. The molecule has 5 atom stereocenters. The van der Waals surface area contributed by atoms with Crippen molar-refractivity contribution >= 4 is 58.1 Å². The van der Waals surface area contributed by atoms with Gasteiger partial charge in [-0.05, 0) is 86.9 Å². The number of aliphatic imine (C=N–C) groups is 1. The molecular weight excluding hydrogens is 803 g/mol. The van der Waals surface area contributed by atoms with Crippen LogP contribution in [0.2, 0.25) is 0 Å². The van der Waals surface area contributed by atoms with Gasteiger partial charge in [0.15, 0.2) is 5.96 Å². The lowest BCUT2D eigenvalue weighted by Gasteiger charge is -2.27. The van der Waals surface area contributed by atoms with E-state index in [1.165, 1.54) is 12.5 Å². The molecule has 0 aliphatic rings. The molecule has 1 heterocycles. The standard InChI is InChI=1S/C40H61N15O7/c41-15-5-3-10-29(36(59)52-28(35(44)58)12-7-17-48-40(45)46)53-37(60)30(11-4-6-16-42)54-39(62)34(26-14-13-24-8-1-2-9-25(24)18-26)55-38(61)31(19-27-21-47-23-50-27)51-33(57)22-49-32(56)20-43/h1-2,8-9,13-14,18,21,23,28-31,34H,3-7,10-12,15-17,19-20,22,41-43H2,(H2,44,58)(H,47,50)(H,49,56)(H,51,57)(H,52,59)(H,53,60)(H,54,62)(H,55,61)(H4,45,46,48)/t28?,29-,30-,31-,34-/m0/s1. The number of carbonyl (C=O) groups excluding carboxylic acids is 7. The fraction of sp³-hybridized carbons (Fsp3) is 0.475. The number of nitrogens with two attached hydrogens (primary N) is 6. The van der Waals surface area contributed by atoms with Gasteiger partial charge in [0.1, 0.15) is 30.2 Å². The number of rotatable bonds is 28. The summed E-state index contributed by atoms with van der Waals surface area (Å²) >= 11 is 0. The minimum absolute atomic E-state index is 0.0704. The van der Waals surface area contributed by atoms with E-state index in [1.807, 2.05) is 24.3 Å². The van der Waals surface area contributed by atoms with Crippen LogP contribution in [0.5, 0.6) is 0 Å². The predicted octanol–water partition coefficient (Wildman–Crippen LogP) is -3.23. The van der Waals surface area contributed by atoms with Crippen LogP contribution in [0.3, 0.4) is 0 Å². The number of primary amides is 1. The lowest BCUT2D eigenvalue weighted by molar-refractivity contribution is -0.135. The van der Waals surface area contributed by atoms with Crippen LogP contribution in [0.25, 0.3) is 10.8 Å². The molecule has 3 rings (SSSR count). The van der Waals surface area contributed by atoms with Gasteiger partial charge in [-0.3, -0.25) is 38.6 Å². The first kappa shape index (κ1) is 49.7. The average molecular weight is 864 g/mol. The molecular formula is C40H61N15O7. The van der Waals surface area contributed by atoms with Crippen molar-refractivity contribution < 1.29 is 33.6 Å². The Morgan fingerprint density at radius 2 is 1.24 bits per heavy atom. The fourth-order valence-electron chi connectivity index (χ4n) is 6.36. The van der Waals surface area contributed by atoms with Crippen molar-refractivity contribution in [3.8, 4) is 0 Å². The molecule has 0 aliphatic carbocycles. The number of imidazole rings is 1. The van der Waals surface area contributed by atoms with Crippen LogP contribution in [-0.4, -0.2) is 114 Å². The first-order valence-corrected chi connectivity index (χ1v) is 20.4. The van der Waals surface area contributed by atoms with Crippen molar-refractivity contribution in [2.24, 2.45) is 39.4 Å². The van der Waals surface area contributed by atoms with Crippen LogP contribution in [0, 0.1) is 0 Å². The molecule has 62 heavy (non-hydrogen) atoms. The van der Waals surface area contributed by atoms with Crippen LogP contribution in [0.1, 0.15) is 68.7 Å². The summed E-state index contributed by atoms with van der Waals surface area (Å²) < 4.78 is 0. The van der Waals surface area contributed by atoms with Crippen LogP contribution in [0.4, 0.5) is 0 Å². The van der Waals surface area contributed by atoms with Gasteiger partial charge >= 0.3 is 0 Å². The summed E-state index contributed by atoms with van der Waals surface area (Å²) in [7, 11) is 0. The smallest absolute Gasteiger partial charge is 0.247 e. The van der Waals surface area contributed by atoms with Gasteiger partial charge in [0, 0.05) is 24.9 Å². The molecule has 19 N–H and O–H groups in total. The number of H-pyrrole nitrogens is 1. The number of hydrogen-bond acceptors (Lipinski definition) is 12. The topological polar surface area (TPSA) is 389 Å². The van der Waals surface area contributed by atoms with E-state index in [-0.39, 0.29) is 44.7 Å². The molecule has 0 aliphatic heterocycles. The fourth-order valence-corrected chi connectivity index (χ4v) is 6.36. The number of fused-ring (bicyclic) bond motifs is 1. The van der Waals surface area contributed by atoms with Crippen molar-refractivity contribution in [1.82, 2.24) is 41.9 Å². The van der Waals surface area contributed by atoms with Gasteiger partial charge < -0.3 is 71.3 Å². The minimum atomic E-state index is -1.41. The van der Waals surface area contributed by atoms with Gasteiger partial charge in [-0.2, -0.15) is 0 Å². The van der Waals surface area contributed by atoms with Crippen LogP contribution < -0.4 is 66.3 Å². The zero-order chi connectivity index (χ0) is 45.4. The van der Waals surface area contributed by atoms with Crippen LogP contribution >= 0.6 is 0 Å². The van der Waals surface area contributed by atoms with Crippen molar-refractivity contribution in [2.45, 2.75) is 88.0 Å². The molecule has 7 amide bonds. The van der Waals surface area contributed by atoms with Gasteiger partial charge in [0.05, 0.1) is 19.4 Å². The maximum absolute atomic E-state index is 14.5. The van der Waals surface area contributed by atoms with Crippen LogP contribution in [0.15, 0.2) is 60.0 Å². The molecule has 3 aromatic rings. The van der Waals surface area contributed by atoms with E-state index < -0.39 is 78.1 Å². The highest BCUT2D eigenvalue weighted by Crippen LogP contribution is 2.22. The average Bonchev–Trinajstić information content (AvgIpc) is 3.77. The van der Waals surface area contributed by atoms with Crippen molar-refractivity contribution in [3.05, 3.63) is 66.2 Å². The molecule has 22 heteroatoms. The number of nitrogens with zero attached hydrogens (tertiary/aromatic N) is 2. The Balaban J connectivity index is 1.94. The molecule has 0 fully saturated rings. The first-order chi connectivity index (χ1) is 29.8. The van der Waals surface area contributed by atoms with E-state index in [4.69, 9.17) is 34.4 Å². The summed E-state index contributed by atoms with van der Waals surface area (Å²) in [6, 6.07) is 6.39. The second-order valence-corrected chi connectivity index (χ2v) is 14.5. The van der Waals surface area contributed by atoms with Crippen molar-refractivity contribution in [2.75, 3.05) is 32.7 Å². The van der Waals surface area contributed by atoms with Gasteiger partial charge in [-0.15, -0.1) is 0 Å². The minimum Gasteiger partial charge on any atom is -0.370 e. The van der Waals surface area contributed by atoms with E-state index in [9.17, 15) is 33.6 Å². The normalized spacial score (nSPS) is 13.3. The third kappa shape index (κ3) is 17.1. The number of unbranched alkanes of at least 4 members (excludes halogenated alkanes) is 2. The Kier molecular flexibility index (Phi) is 21.3. The summed E-state index contributed by atoms with van der Waals surface area (Å²) in [5.74, 6) is -5.14. The second kappa shape index (κ2) is 26.5. The molecule has 0 saturated carbocycles. The molecule has 2 aromatic carbocycles. The van der Waals surface area contributed by atoms with E-state index in [0.29, 0.717) is 56.5 Å². The molecule has 0 spiro atoms. The number of guanidine groups is 1. The summed E-state index contributed by atoms with van der Waals surface area (Å²) in [5, 5.41) is 17.4. The molecule has 1 aromatic heterocycles.